The van der Waals surface area contributed by atoms with Crippen LogP contribution in [0.15, 0.2) is 53.4 Å². The first-order valence-electron chi connectivity index (χ1n) is 9.46. The zero-order valence-electron chi connectivity index (χ0n) is 17.0. The van der Waals surface area contributed by atoms with E-state index >= 15 is 0 Å². The van der Waals surface area contributed by atoms with Crippen molar-refractivity contribution >= 4 is 28.3 Å². The Labute approximate surface area is 178 Å². The Morgan fingerprint density at radius 2 is 2.03 bits per heavy atom. The van der Waals surface area contributed by atoms with Gasteiger partial charge in [0.05, 0.1) is 36.8 Å². The first-order valence-corrected chi connectivity index (χ1v) is 10.4. The molecule has 2 aromatic heterocycles. The molecule has 0 aliphatic heterocycles. The molecule has 7 nitrogen and oxygen atoms in total. The van der Waals surface area contributed by atoms with Crippen LogP contribution in [0.25, 0.3) is 22.6 Å². The molecule has 2 heterocycles. The molecule has 154 valence electrons. The smallest absolute Gasteiger partial charge is 0.240 e. The summed E-state index contributed by atoms with van der Waals surface area (Å²) in [6.07, 6.45) is 0. The zero-order chi connectivity index (χ0) is 21.1. The Bertz CT molecular complexity index is 1170. The predicted molar refractivity (Wildman–Crippen MR) is 117 cm³/mol. The lowest BCUT2D eigenvalue weighted by molar-refractivity contribution is -0.122. The van der Waals surface area contributed by atoms with E-state index in [1.54, 1.807) is 19.7 Å². The lowest BCUT2D eigenvalue weighted by Crippen LogP contribution is -2.30. The number of para-hydroxylation sites is 2. The van der Waals surface area contributed by atoms with E-state index in [-0.39, 0.29) is 18.5 Å². The fourth-order valence-electron chi connectivity index (χ4n) is 3.44. The number of rotatable bonds is 7. The fourth-order valence-corrected chi connectivity index (χ4v) is 3.97. The molecule has 1 atom stereocenters. The van der Waals surface area contributed by atoms with Gasteiger partial charge in [-0.2, -0.15) is 0 Å². The van der Waals surface area contributed by atoms with E-state index in [2.05, 4.69) is 15.3 Å². The quantitative estimate of drug-likeness (QED) is 0.486. The molecule has 1 amide bonds. The van der Waals surface area contributed by atoms with Crippen LogP contribution >= 0.6 is 11.3 Å². The van der Waals surface area contributed by atoms with Gasteiger partial charge >= 0.3 is 0 Å². The molecule has 0 aliphatic rings. The fraction of sp³-hybridized carbons (Fsp3) is 0.227. The summed E-state index contributed by atoms with van der Waals surface area (Å²) in [5.41, 5.74) is 5.08. The minimum absolute atomic E-state index is 0.129. The number of ether oxygens (including phenoxy) is 2. The van der Waals surface area contributed by atoms with Crippen molar-refractivity contribution in [2.45, 2.75) is 19.5 Å². The first kappa shape index (κ1) is 19.9. The van der Waals surface area contributed by atoms with Crippen LogP contribution in [-0.4, -0.2) is 34.7 Å². The highest BCUT2D eigenvalue weighted by Crippen LogP contribution is 2.29. The predicted octanol–water partition coefficient (Wildman–Crippen LogP) is 4.05. The number of nitrogens with zero attached hydrogens (tertiary/aromatic N) is 3. The molecule has 2 aromatic carbocycles. The molecule has 0 spiro atoms. The second-order valence-electron chi connectivity index (χ2n) is 6.78. The van der Waals surface area contributed by atoms with Gasteiger partial charge in [0, 0.05) is 10.9 Å². The van der Waals surface area contributed by atoms with Crippen molar-refractivity contribution in [2.24, 2.45) is 0 Å². The molecule has 0 radical (unpaired) electrons. The third kappa shape index (κ3) is 3.86. The number of benzene rings is 2. The molecule has 4 aromatic rings. The second kappa shape index (κ2) is 8.54. The Morgan fingerprint density at radius 1 is 1.20 bits per heavy atom. The van der Waals surface area contributed by atoms with E-state index in [0.29, 0.717) is 17.3 Å². The summed E-state index contributed by atoms with van der Waals surface area (Å²) in [6, 6.07) is 13.0. The Kier molecular flexibility index (Phi) is 5.67. The number of amides is 1. The summed E-state index contributed by atoms with van der Waals surface area (Å²) in [7, 11) is 3.22. The summed E-state index contributed by atoms with van der Waals surface area (Å²) in [4.78, 5) is 22.0. The minimum Gasteiger partial charge on any atom is -0.497 e. The van der Waals surface area contributed by atoms with Crippen molar-refractivity contribution in [1.29, 1.82) is 0 Å². The Balaban J connectivity index is 1.61. The van der Waals surface area contributed by atoms with E-state index in [1.165, 1.54) is 11.3 Å². The van der Waals surface area contributed by atoms with Crippen LogP contribution in [0.5, 0.6) is 11.5 Å². The molecule has 4 rings (SSSR count). The maximum atomic E-state index is 13.0. The van der Waals surface area contributed by atoms with Gasteiger partial charge in [-0.05, 0) is 37.3 Å². The number of aromatic nitrogens is 3. The lowest BCUT2D eigenvalue weighted by Gasteiger charge is -2.19. The third-order valence-electron chi connectivity index (χ3n) is 4.90. The Hall–Kier alpha value is -3.39. The van der Waals surface area contributed by atoms with Crippen LogP contribution in [0.3, 0.4) is 0 Å². The van der Waals surface area contributed by atoms with Gasteiger partial charge in [0.2, 0.25) is 5.91 Å². The second-order valence-corrected chi connectivity index (χ2v) is 7.50. The largest absolute Gasteiger partial charge is 0.497 e. The molecule has 0 aliphatic carbocycles. The number of imidazole rings is 1. The number of carbonyl (C=O) groups excluding carboxylic acids is 1. The van der Waals surface area contributed by atoms with E-state index in [4.69, 9.17) is 9.47 Å². The number of thiazole rings is 1. The van der Waals surface area contributed by atoms with Crippen LogP contribution in [0, 0.1) is 0 Å². The van der Waals surface area contributed by atoms with E-state index < -0.39 is 0 Å². The van der Waals surface area contributed by atoms with Crippen molar-refractivity contribution < 1.29 is 14.3 Å². The molecule has 0 unspecified atom stereocenters. The number of nitrogens with one attached hydrogen (secondary N) is 1. The molecule has 0 bridgehead atoms. The molecular weight excluding hydrogens is 400 g/mol. The van der Waals surface area contributed by atoms with Crippen molar-refractivity contribution in [3.8, 4) is 23.0 Å². The highest BCUT2D eigenvalue weighted by Gasteiger charge is 2.19. The molecule has 0 fully saturated rings. The van der Waals surface area contributed by atoms with Crippen molar-refractivity contribution in [1.82, 2.24) is 19.9 Å². The monoisotopic (exact) mass is 422 g/mol. The van der Waals surface area contributed by atoms with Gasteiger partial charge in [-0.3, -0.25) is 4.79 Å². The van der Waals surface area contributed by atoms with Crippen LogP contribution in [0.4, 0.5) is 0 Å². The zero-order valence-corrected chi connectivity index (χ0v) is 17.8. The van der Waals surface area contributed by atoms with Gasteiger partial charge in [-0.1, -0.05) is 12.1 Å². The highest BCUT2D eigenvalue weighted by atomic mass is 32.1. The summed E-state index contributed by atoms with van der Waals surface area (Å²) < 4.78 is 12.7. The molecule has 8 heteroatoms. The maximum absolute atomic E-state index is 13.0. The van der Waals surface area contributed by atoms with Crippen LogP contribution in [-0.2, 0) is 11.3 Å². The number of hydrogen-bond acceptors (Lipinski definition) is 6. The van der Waals surface area contributed by atoms with Crippen LogP contribution < -0.4 is 14.8 Å². The van der Waals surface area contributed by atoms with Crippen molar-refractivity contribution in [3.05, 3.63) is 58.9 Å². The molecule has 30 heavy (non-hydrogen) atoms. The van der Waals surface area contributed by atoms with Crippen molar-refractivity contribution in [3.63, 3.8) is 0 Å². The molecule has 0 saturated heterocycles. The Morgan fingerprint density at radius 3 is 2.77 bits per heavy atom. The van der Waals surface area contributed by atoms with Crippen LogP contribution in [0.2, 0.25) is 0 Å². The van der Waals surface area contributed by atoms with E-state index in [0.717, 1.165) is 22.3 Å². The summed E-state index contributed by atoms with van der Waals surface area (Å²) in [5.74, 6) is 1.95. The van der Waals surface area contributed by atoms with E-state index in [1.807, 2.05) is 59.3 Å². The van der Waals surface area contributed by atoms with Crippen molar-refractivity contribution in [2.75, 3.05) is 14.2 Å². The van der Waals surface area contributed by atoms with Gasteiger partial charge in [-0.15, -0.1) is 11.3 Å². The normalized spacial score (nSPS) is 12.0. The third-order valence-corrected chi connectivity index (χ3v) is 5.49. The minimum atomic E-state index is -0.264. The average Bonchev–Trinajstić information content (AvgIpc) is 3.41. The maximum Gasteiger partial charge on any atom is 0.240 e. The summed E-state index contributed by atoms with van der Waals surface area (Å²) in [5, 5.41) is 4.99. The van der Waals surface area contributed by atoms with Gasteiger partial charge < -0.3 is 19.4 Å². The first-order chi connectivity index (χ1) is 14.6. The standard InChI is InChI=1S/C22H22N4O3S/c1-14(16-10-15(28-2)8-9-20(16)29-3)24-21(27)11-26-19-7-5-4-6-17(19)25-22(26)18-12-30-13-23-18/h4-10,12-14H,11H2,1-3H3,(H,24,27)/t14-/m1/s1. The van der Waals surface area contributed by atoms with Gasteiger partial charge in [0.15, 0.2) is 5.82 Å². The van der Waals surface area contributed by atoms with Gasteiger partial charge in [0.1, 0.15) is 23.7 Å². The molecule has 1 N–H and O–H groups in total. The number of hydrogen-bond donors (Lipinski definition) is 1. The average molecular weight is 423 g/mol. The van der Waals surface area contributed by atoms with Crippen LogP contribution in [0.1, 0.15) is 18.5 Å². The lowest BCUT2D eigenvalue weighted by atomic mass is 10.1. The number of fused-ring (bicyclic) bond motifs is 1. The summed E-state index contributed by atoms with van der Waals surface area (Å²) >= 11 is 1.50. The van der Waals surface area contributed by atoms with Gasteiger partial charge in [0.25, 0.3) is 0 Å². The van der Waals surface area contributed by atoms with Gasteiger partial charge in [-0.25, -0.2) is 9.97 Å². The number of methoxy groups -OCH3 is 2. The van der Waals surface area contributed by atoms with E-state index in [9.17, 15) is 4.79 Å². The molecular formula is C22H22N4O3S. The number of carbonyl (C=O) groups is 1. The molecule has 0 saturated carbocycles. The summed E-state index contributed by atoms with van der Waals surface area (Å²) in [6.45, 7) is 2.05. The topological polar surface area (TPSA) is 78.3 Å². The SMILES string of the molecule is COc1ccc(OC)c([C@@H](C)NC(=O)Cn2c(-c3cscn3)nc3ccccc32)c1. The highest BCUT2D eigenvalue weighted by molar-refractivity contribution is 7.07.